The lowest BCUT2D eigenvalue weighted by molar-refractivity contribution is 0.364. The molecule has 0 radical (unpaired) electrons. The molecular formula is C13H22BrN3O2S. The SMILES string of the molecule is Cc1cc(CNC(C)C)cc(S(=O)(=O)NN(C)C)c1Br. The van der Waals surface area contributed by atoms with Crippen LogP contribution in [-0.2, 0) is 16.6 Å². The van der Waals surface area contributed by atoms with Crippen molar-refractivity contribution in [1.29, 1.82) is 0 Å². The summed E-state index contributed by atoms with van der Waals surface area (Å²) in [5.74, 6) is 0. The van der Waals surface area contributed by atoms with Gasteiger partial charge in [-0.15, -0.1) is 4.83 Å². The van der Waals surface area contributed by atoms with Crippen molar-refractivity contribution in [2.75, 3.05) is 14.1 Å². The van der Waals surface area contributed by atoms with Crippen LogP contribution in [0.1, 0.15) is 25.0 Å². The highest BCUT2D eigenvalue weighted by Crippen LogP contribution is 2.27. The van der Waals surface area contributed by atoms with Crippen molar-refractivity contribution in [2.45, 2.75) is 38.3 Å². The number of aryl methyl sites for hydroxylation is 1. The maximum atomic E-state index is 12.3. The second-order valence-electron chi connectivity index (χ2n) is 5.25. The van der Waals surface area contributed by atoms with Gasteiger partial charge in [0, 0.05) is 31.2 Å². The van der Waals surface area contributed by atoms with Crippen molar-refractivity contribution < 1.29 is 8.42 Å². The fraction of sp³-hybridized carbons (Fsp3) is 0.538. The number of rotatable bonds is 6. The van der Waals surface area contributed by atoms with E-state index in [4.69, 9.17) is 0 Å². The van der Waals surface area contributed by atoms with Crippen LogP contribution in [0.3, 0.4) is 0 Å². The van der Waals surface area contributed by atoms with E-state index in [0.717, 1.165) is 11.1 Å². The zero-order chi connectivity index (χ0) is 15.5. The molecule has 0 atom stereocenters. The average molecular weight is 364 g/mol. The summed E-state index contributed by atoms with van der Waals surface area (Å²) in [6, 6.07) is 4.02. The van der Waals surface area contributed by atoms with Gasteiger partial charge in [-0.2, -0.15) is 0 Å². The topological polar surface area (TPSA) is 61.4 Å². The van der Waals surface area contributed by atoms with E-state index in [9.17, 15) is 8.42 Å². The Kier molecular flexibility index (Phi) is 6.15. The maximum absolute atomic E-state index is 12.3. The Morgan fingerprint density at radius 1 is 1.30 bits per heavy atom. The minimum atomic E-state index is -3.57. The molecular weight excluding hydrogens is 342 g/mol. The van der Waals surface area contributed by atoms with Crippen LogP contribution in [0.2, 0.25) is 0 Å². The largest absolute Gasteiger partial charge is 0.310 e. The number of hydrazine groups is 1. The molecule has 0 saturated heterocycles. The van der Waals surface area contributed by atoms with Gasteiger partial charge in [-0.25, -0.2) is 13.4 Å². The molecule has 0 fully saturated rings. The number of sulfonamides is 1. The van der Waals surface area contributed by atoms with Crippen molar-refractivity contribution in [1.82, 2.24) is 15.2 Å². The Morgan fingerprint density at radius 3 is 2.40 bits per heavy atom. The van der Waals surface area contributed by atoms with Gasteiger partial charge in [-0.05, 0) is 40.0 Å². The predicted molar refractivity (Wildman–Crippen MR) is 84.9 cm³/mol. The van der Waals surface area contributed by atoms with Gasteiger partial charge in [0.05, 0.1) is 4.90 Å². The van der Waals surface area contributed by atoms with Crippen LogP contribution in [0.25, 0.3) is 0 Å². The maximum Gasteiger partial charge on any atom is 0.254 e. The molecule has 20 heavy (non-hydrogen) atoms. The lowest BCUT2D eigenvalue weighted by Gasteiger charge is -2.16. The van der Waals surface area contributed by atoms with E-state index in [1.54, 1.807) is 20.2 Å². The van der Waals surface area contributed by atoms with Crippen molar-refractivity contribution in [2.24, 2.45) is 0 Å². The molecule has 0 unspecified atom stereocenters. The first-order chi connectivity index (χ1) is 9.13. The first kappa shape index (κ1) is 17.6. The fourth-order valence-electron chi connectivity index (χ4n) is 1.72. The quantitative estimate of drug-likeness (QED) is 0.759. The van der Waals surface area contributed by atoms with E-state index < -0.39 is 10.0 Å². The van der Waals surface area contributed by atoms with E-state index in [0.29, 0.717) is 17.1 Å². The van der Waals surface area contributed by atoms with E-state index >= 15 is 0 Å². The molecule has 0 saturated carbocycles. The number of nitrogens with one attached hydrogen (secondary N) is 2. The summed E-state index contributed by atoms with van der Waals surface area (Å²) in [7, 11) is -0.290. The zero-order valence-electron chi connectivity index (χ0n) is 12.5. The molecule has 0 aliphatic heterocycles. The van der Waals surface area contributed by atoms with Gasteiger partial charge in [0.15, 0.2) is 0 Å². The summed E-state index contributed by atoms with van der Waals surface area (Å²) in [6.07, 6.45) is 0. The molecule has 0 aliphatic rings. The minimum Gasteiger partial charge on any atom is -0.310 e. The fourth-order valence-corrected chi connectivity index (χ4v) is 3.87. The number of hydrogen-bond acceptors (Lipinski definition) is 4. The van der Waals surface area contributed by atoms with Crippen LogP contribution < -0.4 is 10.1 Å². The second kappa shape index (κ2) is 7.00. The van der Waals surface area contributed by atoms with Crippen LogP contribution in [0, 0.1) is 6.92 Å². The molecule has 0 amide bonds. The Morgan fingerprint density at radius 2 is 1.90 bits per heavy atom. The van der Waals surface area contributed by atoms with Crippen molar-refractivity contribution >= 4 is 26.0 Å². The lowest BCUT2D eigenvalue weighted by Crippen LogP contribution is -2.36. The molecule has 114 valence electrons. The molecule has 5 nitrogen and oxygen atoms in total. The molecule has 1 rings (SSSR count). The van der Waals surface area contributed by atoms with Crippen LogP contribution in [0.5, 0.6) is 0 Å². The third kappa shape index (κ3) is 4.82. The molecule has 1 aromatic carbocycles. The monoisotopic (exact) mass is 363 g/mol. The summed E-state index contributed by atoms with van der Waals surface area (Å²) >= 11 is 3.36. The van der Waals surface area contributed by atoms with Crippen LogP contribution in [0.15, 0.2) is 21.5 Å². The van der Waals surface area contributed by atoms with Crippen LogP contribution in [0.4, 0.5) is 0 Å². The highest BCUT2D eigenvalue weighted by atomic mass is 79.9. The van der Waals surface area contributed by atoms with E-state index in [1.807, 2.05) is 13.0 Å². The average Bonchev–Trinajstić information content (AvgIpc) is 2.28. The first-order valence-corrected chi connectivity index (χ1v) is 8.63. The molecule has 2 N–H and O–H groups in total. The lowest BCUT2D eigenvalue weighted by atomic mass is 10.1. The molecule has 1 aromatic rings. The van der Waals surface area contributed by atoms with Crippen LogP contribution >= 0.6 is 15.9 Å². The molecule has 0 heterocycles. The Bertz CT molecular complexity index is 571. The van der Waals surface area contributed by atoms with Gasteiger partial charge >= 0.3 is 0 Å². The molecule has 7 heteroatoms. The third-order valence-electron chi connectivity index (χ3n) is 2.59. The molecule has 0 bridgehead atoms. The van der Waals surface area contributed by atoms with E-state index in [-0.39, 0.29) is 4.90 Å². The van der Waals surface area contributed by atoms with Gasteiger partial charge < -0.3 is 5.32 Å². The standard InChI is InChI=1S/C13H22BrN3O2S/c1-9(2)15-8-11-6-10(3)13(14)12(7-11)20(18,19)16-17(4)5/h6-7,9,15-16H,8H2,1-5H3. The minimum absolute atomic E-state index is 0.256. The number of benzene rings is 1. The smallest absolute Gasteiger partial charge is 0.254 e. The van der Waals surface area contributed by atoms with Gasteiger partial charge in [0.25, 0.3) is 10.0 Å². The van der Waals surface area contributed by atoms with Gasteiger partial charge in [0.1, 0.15) is 0 Å². The van der Waals surface area contributed by atoms with Gasteiger partial charge in [0.2, 0.25) is 0 Å². The number of hydrogen-bond donors (Lipinski definition) is 2. The molecule has 0 aliphatic carbocycles. The normalized spacial score (nSPS) is 12.4. The predicted octanol–water partition coefficient (Wildman–Crippen LogP) is 2.01. The Balaban J connectivity index is 3.19. The number of halogens is 1. The third-order valence-corrected chi connectivity index (χ3v) is 5.41. The summed E-state index contributed by atoms with van der Waals surface area (Å²) < 4.78 is 25.2. The Hall–Kier alpha value is -0.470. The highest BCUT2D eigenvalue weighted by molar-refractivity contribution is 9.10. The van der Waals surface area contributed by atoms with Gasteiger partial charge in [-0.3, -0.25) is 0 Å². The second-order valence-corrected chi connectivity index (χ2v) is 7.67. The first-order valence-electron chi connectivity index (χ1n) is 6.35. The van der Waals surface area contributed by atoms with Crippen LogP contribution in [-0.4, -0.2) is 33.6 Å². The van der Waals surface area contributed by atoms with Crippen molar-refractivity contribution in [3.63, 3.8) is 0 Å². The number of nitrogens with zero attached hydrogens (tertiary/aromatic N) is 1. The highest BCUT2D eigenvalue weighted by Gasteiger charge is 2.20. The molecule has 0 spiro atoms. The summed E-state index contributed by atoms with van der Waals surface area (Å²) in [4.78, 5) is 2.71. The van der Waals surface area contributed by atoms with Gasteiger partial charge in [-0.1, -0.05) is 19.9 Å². The van der Waals surface area contributed by atoms with Crippen molar-refractivity contribution in [3.05, 3.63) is 27.7 Å². The zero-order valence-corrected chi connectivity index (χ0v) is 14.9. The summed E-state index contributed by atoms with van der Waals surface area (Å²) in [6.45, 7) is 6.63. The van der Waals surface area contributed by atoms with E-state index in [2.05, 4.69) is 39.9 Å². The summed E-state index contributed by atoms with van der Waals surface area (Å²) in [5.41, 5.74) is 1.84. The Labute approximate surface area is 129 Å². The molecule has 0 aromatic heterocycles. The van der Waals surface area contributed by atoms with Crippen molar-refractivity contribution in [3.8, 4) is 0 Å². The summed E-state index contributed by atoms with van der Waals surface area (Å²) in [5, 5.41) is 4.70. The van der Waals surface area contributed by atoms with E-state index in [1.165, 1.54) is 5.01 Å².